The van der Waals surface area contributed by atoms with Crippen molar-refractivity contribution in [3.63, 3.8) is 0 Å². The summed E-state index contributed by atoms with van der Waals surface area (Å²) in [7, 11) is 0. The molecule has 0 saturated carbocycles. The van der Waals surface area contributed by atoms with Gasteiger partial charge in [0.2, 0.25) is 5.89 Å². The van der Waals surface area contributed by atoms with Crippen molar-refractivity contribution in [1.29, 1.82) is 0 Å². The van der Waals surface area contributed by atoms with Crippen LogP contribution in [0.2, 0.25) is 0 Å². The first-order valence-corrected chi connectivity index (χ1v) is 6.03. The molecule has 1 aliphatic rings. The molecule has 0 fully saturated rings. The Hall–Kier alpha value is -1.61. The lowest BCUT2D eigenvalue weighted by atomic mass is 9.78. The molecule has 3 nitrogen and oxygen atoms in total. The third-order valence-electron chi connectivity index (χ3n) is 3.30. The van der Waals surface area contributed by atoms with Gasteiger partial charge in [-0.05, 0) is 24.5 Å². The molecule has 0 bridgehead atoms. The maximum Gasteiger partial charge on any atom is 0.208 e. The molecule has 0 aliphatic heterocycles. The molecule has 0 spiro atoms. The molecule has 1 aromatic carbocycles. The maximum atomic E-state index is 5.41. The molecule has 1 aromatic heterocycles. The first-order chi connectivity index (χ1) is 8.33. The van der Waals surface area contributed by atoms with Gasteiger partial charge in [-0.25, -0.2) is 4.98 Å². The zero-order valence-corrected chi connectivity index (χ0v) is 9.94. The number of hydrogen-bond acceptors (Lipinski definition) is 3. The van der Waals surface area contributed by atoms with Gasteiger partial charge in [0, 0.05) is 12.5 Å². The highest BCUT2D eigenvalue weighted by Crippen LogP contribution is 2.33. The van der Waals surface area contributed by atoms with Crippen LogP contribution in [0.1, 0.15) is 28.7 Å². The summed E-state index contributed by atoms with van der Waals surface area (Å²) < 4.78 is 5.41. The minimum atomic E-state index is 0.655. The van der Waals surface area contributed by atoms with Crippen LogP contribution in [0.4, 0.5) is 0 Å². The van der Waals surface area contributed by atoms with Crippen molar-refractivity contribution < 1.29 is 4.42 Å². The molecular formula is C14H16N2O. The minimum Gasteiger partial charge on any atom is -0.445 e. The van der Waals surface area contributed by atoms with E-state index in [-0.39, 0.29) is 0 Å². The molecular weight excluding hydrogens is 212 g/mol. The molecule has 3 heteroatoms. The van der Waals surface area contributed by atoms with E-state index >= 15 is 0 Å². The summed E-state index contributed by atoms with van der Waals surface area (Å²) in [5, 5.41) is 3.40. The molecule has 88 valence electrons. The van der Waals surface area contributed by atoms with Gasteiger partial charge in [0.1, 0.15) is 5.76 Å². The fourth-order valence-corrected chi connectivity index (χ4v) is 2.38. The van der Waals surface area contributed by atoms with Crippen molar-refractivity contribution >= 4 is 0 Å². The first-order valence-electron chi connectivity index (χ1n) is 6.03. The SMILES string of the molecule is Cc1cnc(CNCC2Cc3ccccc32)o1. The monoisotopic (exact) mass is 228 g/mol. The Labute approximate surface area is 101 Å². The van der Waals surface area contributed by atoms with Crippen molar-refractivity contribution in [3.8, 4) is 0 Å². The zero-order chi connectivity index (χ0) is 11.7. The van der Waals surface area contributed by atoms with Gasteiger partial charge in [0.25, 0.3) is 0 Å². The predicted octanol–water partition coefficient (Wildman–Crippen LogP) is 2.41. The van der Waals surface area contributed by atoms with Crippen molar-refractivity contribution in [2.75, 3.05) is 6.54 Å². The second-order valence-electron chi connectivity index (χ2n) is 4.60. The van der Waals surface area contributed by atoms with E-state index in [4.69, 9.17) is 4.42 Å². The molecule has 0 amide bonds. The Morgan fingerprint density at radius 2 is 2.29 bits per heavy atom. The maximum absolute atomic E-state index is 5.41. The fraction of sp³-hybridized carbons (Fsp3) is 0.357. The number of benzene rings is 1. The van der Waals surface area contributed by atoms with E-state index in [0.29, 0.717) is 12.5 Å². The first kappa shape index (κ1) is 10.5. The summed E-state index contributed by atoms with van der Waals surface area (Å²) in [5.41, 5.74) is 2.98. The molecule has 1 N–H and O–H groups in total. The second-order valence-corrected chi connectivity index (χ2v) is 4.60. The van der Waals surface area contributed by atoms with Crippen molar-refractivity contribution in [1.82, 2.24) is 10.3 Å². The van der Waals surface area contributed by atoms with E-state index < -0.39 is 0 Å². The number of fused-ring (bicyclic) bond motifs is 1. The summed E-state index contributed by atoms with van der Waals surface area (Å²) in [6.45, 7) is 3.63. The van der Waals surface area contributed by atoms with Gasteiger partial charge in [0.15, 0.2) is 0 Å². The van der Waals surface area contributed by atoms with Gasteiger partial charge in [0.05, 0.1) is 12.7 Å². The quantitative estimate of drug-likeness (QED) is 0.873. The largest absolute Gasteiger partial charge is 0.445 e. The Morgan fingerprint density at radius 3 is 3.06 bits per heavy atom. The molecule has 2 aromatic rings. The summed E-state index contributed by atoms with van der Waals surface area (Å²) in [5.74, 6) is 2.30. The highest BCUT2D eigenvalue weighted by atomic mass is 16.4. The van der Waals surface area contributed by atoms with E-state index in [1.54, 1.807) is 6.20 Å². The Kier molecular flexibility index (Phi) is 2.69. The van der Waals surface area contributed by atoms with Crippen LogP contribution < -0.4 is 5.32 Å². The Balaban J connectivity index is 1.51. The normalized spacial score (nSPS) is 17.6. The Morgan fingerprint density at radius 1 is 1.41 bits per heavy atom. The van der Waals surface area contributed by atoms with Crippen LogP contribution in [-0.4, -0.2) is 11.5 Å². The van der Waals surface area contributed by atoms with Crippen LogP contribution in [-0.2, 0) is 13.0 Å². The van der Waals surface area contributed by atoms with E-state index in [1.807, 2.05) is 6.92 Å². The summed E-state index contributed by atoms with van der Waals surface area (Å²) >= 11 is 0. The van der Waals surface area contributed by atoms with Gasteiger partial charge in [-0.2, -0.15) is 0 Å². The van der Waals surface area contributed by atoms with Gasteiger partial charge >= 0.3 is 0 Å². The molecule has 1 atom stereocenters. The minimum absolute atomic E-state index is 0.655. The highest BCUT2D eigenvalue weighted by molar-refractivity contribution is 5.40. The average Bonchev–Trinajstić information content (AvgIpc) is 2.71. The van der Waals surface area contributed by atoms with Crippen LogP contribution >= 0.6 is 0 Å². The van der Waals surface area contributed by atoms with Crippen molar-refractivity contribution in [3.05, 3.63) is 53.2 Å². The molecule has 1 unspecified atom stereocenters. The highest BCUT2D eigenvalue weighted by Gasteiger charge is 2.24. The van der Waals surface area contributed by atoms with Gasteiger partial charge in [-0.1, -0.05) is 24.3 Å². The second kappa shape index (κ2) is 4.34. The van der Waals surface area contributed by atoms with E-state index in [2.05, 4.69) is 34.6 Å². The summed E-state index contributed by atoms with van der Waals surface area (Å²) in [6.07, 6.45) is 2.95. The number of oxazole rings is 1. The third-order valence-corrected chi connectivity index (χ3v) is 3.30. The molecule has 1 aliphatic carbocycles. The standard InChI is InChI=1S/C14H16N2O/c1-10-7-16-14(17-10)9-15-8-12-6-11-4-2-3-5-13(11)12/h2-5,7,12,15H,6,8-9H2,1H3. The third kappa shape index (κ3) is 2.11. The average molecular weight is 228 g/mol. The summed E-state index contributed by atoms with van der Waals surface area (Å²) in [6, 6.07) is 8.66. The van der Waals surface area contributed by atoms with Crippen LogP contribution in [0.15, 0.2) is 34.9 Å². The molecule has 0 saturated heterocycles. The number of nitrogens with one attached hydrogen (secondary N) is 1. The number of rotatable bonds is 4. The molecule has 0 radical (unpaired) electrons. The van der Waals surface area contributed by atoms with Crippen molar-refractivity contribution in [2.45, 2.75) is 25.8 Å². The fourth-order valence-electron chi connectivity index (χ4n) is 2.38. The van der Waals surface area contributed by atoms with Gasteiger partial charge in [-0.15, -0.1) is 0 Å². The molecule has 1 heterocycles. The lowest BCUT2D eigenvalue weighted by Gasteiger charge is -2.30. The van der Waals surface area contributed by atoms with E-state index in [9.17, 15) is 0 Å². The van der Waals surface area contributed by atoms with Gasteiger partial charge < -0.3 is 9.73 Å². The van der Waals surface area contributed by atoms with Gasteiger partial charge in [-0.3, -0.25) is 0 Å². The van der Waals surface area contributed by atoms with Crippen LogP contribution in [0.3, 0.4) is 0 Å². The number of nitrogens with zero attached hydrogens (tertiary/aromatic N) is 1. The smallest absolute Gasteiger partial charge is 0.208 e. The number of aromatic nitrogens is 1. The van der Waals surface area contributed by atoms with Crippen LogP contribution in [0, 0.1) is 6.92 Å². The number of hydrogen-bond donors (Lipinski definition) is 1. The topological polar surface area (TPSA) is 38.1 Å². The van der Waals surface area contributed by atoms with Crippen LogP contribution in [0.25, 0.3) is 0 Å². The van der Waals surface area contributed by atoms with E-state index in [0.717, 1.165) is 18.2 Å². The lowest BCUT2D eigenvalue weighted by Crippen LogP contribution is -2.28. The zero-order valence-electron chi connectivity index (χ0n) is 9.94. The number of aryl methyl sites for hydroxylation is 1. The lowest BCUT2D eigenvalue weighted by molar-refractivity contribution is 0.436. The van der Waals surface area contributed by atoms with E-state index in [1.165, 1.54) is 17.5 Å². The molecule has 17 heavy (non-hydrogen) atoms. The van der Waals surface area contributed by atoms with Crippen molar-refractivity contribution in [2.24, 2.45) is 0 Å². The Bertz CT molecular complexity index is 518. The van der Waals surface area contributed by atoms with Crippen LogP contribution in [0.5, 0.6) is 0 Å². The predicted molar refractivity (Wildman–Crippen MR) is 65.8 cm³/mol. The summed E-state index contributed by atoms with van der Waals surface area (Å²) in [4.78, 5) is 4.17. The molecule has 3 rings (SSSR count).